The Kier molecular flexibility index (Phi) is 4.97. The lowest BCUT2D eigenvalue weighted by Gasteiger charge is -2.18. The fraction of sp³-hybridized carbons (Fsp3) is 0.385. The van der Waals surface area contributed by atoms with E-state index in [1.54, 1.807) is 6.07 Å². The standard InChI is InChI=1S/C13H13F3N2O2/c1-8(7-17)18-12(19)9(2)20-11-6-4-3-5-10(11)13(14,15)16/h3-6,8-9H,1-2H3,(H,18,19)/t8-,9+/m1/s1. The largest absolute Gasteiger partial charge is 0.480 e. The van der Waals surface area contributed by atoms with Crippen molar-refractivity contribution < 1.29 is 22.7 Å². The van der Waals surface area contributed by atoms with Crippen LogP contribution in [0, 0.1) is 11.3 Å². The normalized spacial score (nSPS) is 14.0. The minimum atomic E-state index is -4.56. The van der Waals surface area contributed by atoms with E-state index in [0.29, 0.717) is 0 Å². The number of hydrogen-bond acceptors (Lipinski definition) is 3. The van der Waals surface area contributed by atoms with Crippen LogP contribution in [0.15, 0.2) is 24.3 Å². The van der Waals surface area contributed by atoms with Crippen molar-refractivity contribution in [2.24, 2.45) is 0 Å². The molecule has 0 aliphatic rings. The summed E-state index contributed by atoms with van der Waals surface area (Å²) < 4.78 is 43.3. The summed E-state index contributed by atoms with van der Waals surface area (Å²) in [7, 11) is 0. The maximum absolute atomic E-state index is 12.7. The van der Waals surface area contributed by atoms with Crippen LogP contribution in [0.2, 0.25) is 0 Å². The Morgan fingerprint density at radius 1 is 1.35 bits per heavy atom. The molecule has 7 heteroatoms. The smallest absolute Gasteiger partial charge is 0.419 e. The quantitative estimate of drug-likeness (QED) is 0.925. The Balaban J connectivity index is 2.84. The van der Waals surface area contributed by atoms with Gasteiger partial charge in [-0.1, -0.05) is 12.1 Å². The fourth-order valence-electron chi connectivity index (χ4n) is 1.41. The highest BCUT2D eigenvalue weighted by atomic mass is 19.4. The van der Waals surface area contributed by atoms with Gasteiger partial charge in [0.25, 0.3) is 5.91 Å². The number of carbonyl (C=O) groups excluding carboxylic acids is 1. The molecule has 1 N–H and O–H groups in total. The van der Waals surface area contributed by atoms with Crippen LogP contribution in [0.4, 0.5) is 13.2 Å². The van der Waals surface area contributed by atoms with E-state index in [9.17, 15) is 18.0 Å². The lowest BCUT2D eigenvalue weighted by Crippen LogP contribution is -2.40. The number of halogens is 3. The van der Waals surface area contributed by atoms with Crippen molar-refractivity contribution in [1.82, 2.24) is 5.32 Å². The van der Waals surface area contributed by atoms with Gasteiger partial charge in [-0.15, -0.1) is 0 Å². The molecule has 1 aromatic rings. The van der Waals surface area contributed by atoms with Crippen LogP contribution in [0.5, 0.6) is 5.75 Å². The molecule has 0 saturated heterocycles. The van der Waals surface area contributed by atoms with Gasteiger partial charge in [0, 0.05) is 0 Å². The van der Waals surface area contributed by atoms with E-state index in [1.807, 2.05) is 0 Å². The second-order valence-electron chi connectivity index (χ2n) is 4.11. The van der Waals surface area contributed by atoms with Crippen molar-refractivity contribution in [1.29, 1.82) is 5.26 Å². The van der Waals surface area contributed by atoms with Gasteiger partial charge < -0.3 is 10.1 Å². The summed E-state index contributed by atoms with van der Waals surface area (Å²) in [4.78, 5) is 11.6. The van der Waals surface area contributed by atoms with Gasteiger partial charge in [0.2, 0.25) is 0 Å². The highest BCUT2D eigenvalue weighted by Crippen LogP contribution is 2.36. The first kappa shape index (κ1) is 15.8. The van der Waals surface area contributed by atoms with Gasteiger partial charge in [0.05, 0.1) is 11.6 Å². The highest BCUT2D eigenvalue weighted by Gasteiger charge is 2.34. The Morgan fingerprint density at radius 2 is 1.95 bits per heavy atom. The van der Waals surface area contributed by atoms with E-state index in [-0.39, 0.29) is 0 Å². The molecular formula is C13H13F3N2O2. The van der Waals surface area contributed by atoms with Crippen molar-refractivity contribution in [3.8, 4) is 11.8 Å². The Morgan fingerprint density at radius 3 is 2.50 bits per heavy atom. The minimum Gasteiger partial charge on any atom is -0.480 e. The molecule has 0 saturated carbocycles. The lowest BCUT2D eigenvalue weighted by atomic mass is 10.2. The molecular weight excluding hydrogens is 273 g/mol. The van der Waals surface area contributed by atoms with Gasteiger partial charge in [-0.25, -0.2) is 0 Å². The van der Waals surface area contributed by atoms with E-state index in [4.69, 9.17) is 10.00 Å². The second-order valence-corrected chi connectivity index (χ2v) is 4.11. The van der Waals surface area contributed by atoms with Crippen molar-refractivity contribution in [2.75, 3.05) is 0 Å². The number of nitrogens with one attached hydrogen (secondary N) is 1. The molecule has 20 heavy (non-hydrogen) atoms. The van der Waals surface area contributed by atoms with Crippen molar-refractivity contribution in [3.05, 3.63) is 29.8 Å². The average molecular weight is 286 g/mol. The minimum absolute atomic E-state index is 0.424. The van der Waals surface area contributed by atoms with Crippen LogP contribution in [0.25, 0.3) is 0 Å². The molecule has 0 spiro atoms. The molecule has 0 aliphatic heterocycles. The summed E-state index contributed by atoms with van der Waals surface area (Å²) in [5.41, 5.74) is -0.951. The van der Waals surface area contributed by atoms with Crippen LogP contribution in [0.1, 0.15) is 19.4 Å². The van der Waals surface area contributed by atoms with Gasteiger partial charge in [-0.2, -0.15) is 18.4 Å². The Labute approximate surface area is 114 Å². The first-order valence-electron chi connectivity index (χ1n) is 5.78. The second kappa shape index (κ2) is 6.28. The molecule has 1 aromatic carbocycles. The van der Waals surface area contributed by atoms with Gasteiger partial charge in [-0.05, 0) is 26.0 Å². The molecule has 0 bridgehead atoms. The summed E-state index contributed by atoms with van der Waals surface area (Å²) in [6.07, 6.45) is -5.71. The van der Waals surface area contributed by atoms with Crippen LogP contribution in [-0.4, -0.2) is 18.1 Å². The maximum atomic E-state index is 12.7. The van der Waals surface area contributed by atoms with E-state index in [1.165, 1.54) is 26.0 Å². The van der Waals surface area contributed by atoms with Crippen LogP contribution in [0.3, 0.4) is 0 Å². The number of hydrogen-bond donors (Lipinski definition) is 1. The molecule has 0 aromatic heterocycles. The van der Waals surface area contributed by atoms with E-state index < -0.39 is 35.5 Å². The van der Waals surface area contributed by atoms with E-state index >= 15 is 0 Å². The SMILES string of the molecule is C[C@H](C#N)NC(=O)[C@H](C)Oc1ccccc1C(F)(F)F. The number of amides is 1. The zero-order valence-electron chi connectivity index (χ0n) is 10.9. The average Bonchev–Trinajstić information content (AvgIpc) is 2.37. The molecule has 108 valence electrons. The predicted octanol–water partition coefficient (Wildman–Crippen LogP) is 2.50. The molecule has 1 amide bonds. The number of rotatable bonds is 4. The number of nitrogens with zero attached hydrogens (tertiary/aromatic N) is 1. The van der Waals surface area contributed by atoms with Gasteiger partial charge >= 0.3 is 6.18 Å². The van der Waals surface area contributed by atoms with Crippen LogP contribution in [-0.2, 0) is 11.0 Å². The Hall–Kier alpha value is -2.23. The summed E-state index contributed by atoms with van der Waals surface area (Å²) >= 11 is 0. The van der Waals surface area contributed by atoms with Gasteiger partial charge in [-0.3, -0.25) is 4.79 Å². The molecule has 0 unspecified atom stereocenters. The fourth-order valence-corrected chi connectivity index (χ4v) is 1.41. The first-order chi connectivity index (χ1) is 9.25. The first-order valence-corrected chi connectivity index (χ1v) is 5.78. The molecule has 0 heterocycles. The zero-order chi connectivity index (χ0) is 15.3. The predicted molar refractivity (Wildman–Crippen MR) is 64.8 cm³/mol. The van der Waals surface area contributed by atoms with E-state index in [0.717, 1.165) is 12.1 Å². The molecule has 2 atom stereocenters. The highest BCUT2D eigenvalue weighted by molar-refractivity contribution is 5.81. The molecule has 4 nitrogen and oxygen atoms in total. The Bertz CT molecular complexity index is 523. The third kappa shape index (κ3) is 4.16. The number of carbonyl (C=O) groups is 1. The lowest BCUT2D eigenvalue weighted by molar-refractivity contribution is -0.140. The summed E-state index contributed by atoms with van der Waals surface area (Å²) in [5, 5.41) is 10.9. The topological polar surface area (TPSA) is 62.1 Å². The van der Waals surface area contributed by atoms with Gasteiger partial charge in [0.15, 0.2) is 6.10 Å². The number of para-hydroxylation sites is 1. The summed E-state index contributed by atoms with van der Waals surface area (Å²) in [6.45, 7) is 2.76. The summed E-state index contributed by atoms with van der Waals surface area (Å²) in [5.74, 6) is -1.08. The third-order valence-electron chi connectivity index (χ3n) is 2.42. The maximum Gasteiger partial charge on any atom is 0.419 e. The number of alkyl halides is 3. The third-order valence-corrected chi connectivity index (χ3v) is 2.42. The number of ether oxygens (including phenoxy) is 1. The van der Waals surface area contributed by atoms with Crippen LogP contribution >= 0.6 is 0 Å². The van der Waals surface area contributed by atoms with Crippen molar-refractivity contribution >= 4 is 5.91 Å². The van der Waals surface area contributed by atoms with Crippen molar-refractivity contribution in [3.63, 3.8) is 0 Å². The molecule has 1 rings (SSSR count). The van der Waals surface area contributed by atoms with E-state index in [2.05, 4.69) is 5.32 Å². The van der Waals surface area contributed by atoms with Crippen LogP contribution < -0.4 is 10.1 Å². The monoisotopic (exact) mass is 286 g/mol. The zero-order valence-corrected chi connectivity index (χ0v) is 10.9. The molecule has 0 fully saturated rings. The summed E-state index contributed by atoms with van der Waals surface area (Å²) in [6, 6.07) is 5.67. The molecule has 0 aliphatic carbocycles. The molecule has 0 radical (unpaired) electrons. The van der Waals surface area contributed by atoms with Crippen molar-refractivity contribution in [2.45, 2.75) is 32.2 Å². The van der Waals surface area contributed by atoms with Gasteiger partial charge in [0.1, 0.15) is 11.8 Å². The number of nitriles is 1. The number of benzene rings is 1.